The quantitative estimate of drug-likeness (QED) is 0.111. The fourth-order valence-electron chi connectivity index (χ4n) is 7.66. The molecule has 1 saturated heterocycles. The molecule has 2 heterocycles. The van der Waals surface area contributed by atoms with Gasteiger partial charge in [-0.25, -0.2) is 0 Å². The third-order valence-corrected chi connectivity index (χ3v) is 13.0. The van der Waals surface area contributed by atoms with Crippen LogP contribution in [0.3, 0.4) is 0 Å². The first kappa shape index (κ1) is 42.2. The summed E-state index contributed by atoms with van der Waals surface area (Å²) in [6, 6.07) is 26.4. The summed E-state index contributed by atoms with van der Waals surface area (Å²) in [6.45, 7) is 22.2. The van der Waals surface area contributed by atoms with Crippen molar-refractivity contribution in [3.8, 4) is 11.5 Å². The third kappa shape index (κ3) is 8.27. The molecule has 4 aromatic carbocycles. The molecular weight excluding hydrogens is 795 g/mol. The summed E-state index contributed by atoms with van der Waals surface area (Å²) >= 11 is -0.448. The maximum Gasteiger partial charge on any atom is -0.147 e. The second-order valence-electron chi connectivity index (χ2n) is 15.5. The van der Waals surface area contributed by atoms with Gasteiger partial charge >= 0.3 is 331 Å². The van der Waals surface area contributed by atoms with Crippen LogP contribution in [0.15, 0.2) is 78.9 Å². The molecule has 0 radical (unpaired) electrons. The van der Waals surface area contributed by atoms with Crippen LogP contribution in [0, 0.1) is 0 Å². The Labute approximate surface area is 341 Å². The monoisotopic (exact) mass is 852 g/mol. The number of ether oxygens (including phenoxy) is 2. The van der Waals surface area contributed by atoms with Gasteiger partial charge in [0.1, 0.15) is 0 Å². The molecular formula is C46H57ClN3O4Ru. The van der Waals surface area contributed by atoms with Crippen LogP contribution in [0.2, 0.25) is 0 Å². The largest absolute Gasteiger partial charge is 0.147 e. The minimum Gasteiger partial charge on any atom is -0.147 e. The Bertz CT molecular complexity index is 1900. The number of rotatable bonds is 11. The summed E-state index contributed by atoms with van der Waals surface area (Å²) in [5, 5.41) is 0. The van der Waals surface area contributed by atoms with Crippen molar-refractivity contribution in [2.45, 2.75) is 103 Å². The molecule has 9 heteroatoms. The van der Waals surface area contributed by atoms with E-state index in [2.05, 4.69) is 112 Å². The van der Waals surface area contributed by atoms with Gasteiger partial charge < -0.3 is 0 Å². The van der Waals surface area contributed by atoms with Gasteiger partial charge in [-0.1, -0.05) is 0 Å². The van der Waals surface area contributed by atoms with Crippen LogP contribution in [0.4, 0.5) is 17.1 Å². The predicted octanol–water partition coefficient (Wildman–Crippen LogP) is 10.5. The number of anilines is 3. The van der Waals surface area contributed by atoms with Gasteiger partial charge in [-0.3, -0.25) is 0 Å². The molecule has 1 atom stereocenters. The van der Waals surface area contributed by atoms with E-state index in [4.69, 9.17) is 9.47 Å². The van der Waals surface area contributed by atoms with Gasteiger partial charge in [0.05, 0.1) is 0 Å². The van der Waals surface area contributed by atoms with Crippen LogP contribution >= 0.6 is 12.4 Å². The molecule has 2 aliphatic heterocycles. The second kappa shape index (κ2) is 17.9. The van der Waals surface area contributed by atoms with E-state index < -0.39 is 22.8 Å². The number of hydrogen-bond acceptors (Lipinski definition) is 6. The minimum absolute atomic E-state index is 0. The van der Waals surface area contributed by atoms with E-state index in [1.165, 1.54) is 38.5 Å². The van der Waals surface area contributed by atoms with Crippen LogP contribution in [-0.2, 0) is 21.5 Å². The maximum absolute atomic E-state index is 14.1. The molecule has 55 heavy (non-hydrogen) atoms. The number of nitrogens with zero attached hydrogens (tertiary/aromatic N) is 3. The number of halogens is 1. The molecule has 1 unspecified atom stereocenters. The first-order valence-electron chi connectivity index (χ1n) is 19.4. The molecule has 0 bridgehead atoms. The van der Waals surface area contributed by atoms with Crippen molar-refractivity contribution in [3.63, 3.8) is 0 Å². The molecule has 0 saturated carbocycles. The molecule has 0 N–H and O–H groups in total. The average molecular weight is 853 g/mol. The van der Waals surface area contributed by atoms with Gasteiger partial charge in [-0.15, -0.1) is 12.4 Å². The van der Waals surface area contributed by atoms with Crippen molar-refractivity contribution in [2.24, 2.45) is 0 Å². The summed E-state index contributed by atoms with van der Waals surface area (Å²) in [5.74, 6) is 2.00. The van der Waals surface area contributed by atoms with E-state index in [1.807, 2.05) is 19.1 Å². The fraction of sp³-hybridized carbons (Fsp3) is 0.413. The topological polar surface area (TPSA) is 62.3 Å². The molecule has 295 valence electrons. The van der Waals surface area contributed by atoms with Gasteiger partial charge in [0.25, 0.3) is 0 Å². The molecule has 0 spiro atoms. The molecule has 7 nitrogen and oxygen atoms in total. The molecule has 2 amide bonds. The number of carbonyl (C=O) groups excluding carboxylic acids is 2. The smallest absolute Gasteiger partial charge is 0.147 e. The zero-order valence-corrected chi connectivity index (χ0v) is 36.5. The Kier molecular flexibility index (Phi) is 13.7. The van der Waals surface area contributed by atoms with Crippen LogP contribution in [0.1, 0.15) is 131 Å². The Morgan fingerprint density at radius 3 is 1.67 bits per heavy atom. The van der Waals surface area contributed by atoms with Gasteiger partial charge in [0.2, 0.25) is 0 Å². The van der Waals surface area contributed by atoms with E-state index in [0.29, 0.717) is 52.8 Å². The van der Waals surface area contributed by atoms with E-state index in [0.717, 1.165) is 18.7 Å². The van der Waals surface area contributed by atoms with E-state index >= 15 is 0 Å². The van der Waals surface area contributed by atoms with Crippen LogP contribution in [-0.4, -0.2) is 47.5 Å². The molecule has 4 aromatic rings. The Balaban J connectivity index is 0.00000580. The Morgan fingerprint density at radius 1 is 0.764 bits per heavy atom. The predicted molar refractivity (Wildman–Crippen MR) is 226 cm³/mol. The fourth-order valence-corrected chi connectivity index (χ4v) is 10.2. The average Bonchev–Trinajstić information content (AvgIpc) is 3.58. The van der Waals surface area contributed by atoms with Crippen LogP contribution < -0.4 is 24.2 Å². The second-order valence-corrected chi connectivity index (χ2v) is 17.5. The zero-order valence-electron chi connectivity index (χ0n) is 33.9. The van der Waals surface area contributed by atoms with Crippen molar-refractivity contribution in [1.82, 2.24) is 0 Å². The summed E-state index contributed by atoms with van der Waals surface area (Å²) in [7, 11) is 1.59. The molecule has 1 fully saturated rings. The van der Waals surface area contributed by atoms with Crippen molar-refractivity contribution in [3.05, 3.63) is 112 Å². The van der Waals surface area contributed by atoms with Crippen molar-refractivity contribution >= 4 is 45.9 Å². The minimum atomic E-state index is -0.762. The summed E-state index contributed by atoms with van der Waals surface area (Å²) < 4.78 is 14.3. The first-order chi connectivity index (χ1) is 25.9. The molecule has 0 aliphatic carbocycles. The van der Waals surface area contributed by atoms with Crippen LogP contribution in [0.25, 0.3) is 0 Å². The number of para-hydroxylation sites is 3. The molecule has 2 aliphatic rings. The summed E-state index contributed by atoms with van der Waals surface area (Å²) in [6.07, 6.45) is -0.313. The number of amides is 2. The van der Waals surface area contributed by atoms with E-state index in [-0.39, 0.29) is 29.0 Å². The molecule has 0 aromatic heterocycles. The summed E-state index contributed by atoms with van der Waals surface area (Å²) in [5.41, 5.74) is 10.1. The third-order valence-electron chi connectivity index (χ3n) is 10.5. The number of fused-ring (bicyclic) bond motifs is 1. The van der Waals surface area contributed by atoms with Crippen LogP contribution in [0.5, 0.6) is 11.5 Å². The number of imide groups is 1. The number of methoxy groups -OCH3 is 1. The standard InChI is InChI=1S/C27H39N2.C19H17NO4.ClH.Ru/c1-18(2)22-11-9-12-23(19(3)4)26(22)28-15-16-29(17-28)27-24(20(5)6)13-10-14-25(27)21(7)8;1-4-16-19(22)20(15-7-5-6-12(2)17(15)24-16)18(21)13-8-10-14(23-3)11-9-13;;/h9-14,17-21H,15-16H2,1-8H3;2,5-11,16H,4H2,1,3H3;1H;. The van der Waals surface area contributed by atoms with E-state index in [9.17, 15) is 9.59 Å². The first-order valence-corrected chi connectivity index (χ1v) is 21.4. The number of benzene rings is 4. The van der Waals surface area contributed by atoms with Gasteiger partial charge in [0.15, 0.2) is 0 Å². The maximum atomic E-state index is 14.1. The SMILES string of the molecule is CCC1Oc2c(/[CH]=[Ru]/[CH]3N(c4c(C(C)C)cccc4C(C)C)CCN3c3c(C(C)C)cccc3C(C)C)cccc2N(C(=O)c2ccc(OC)cc2)C1=O.Cl. The van der Waals surface area contributed by atoms with Gasteiger partial charge in [-0.2, -0.15) is 0 Å². The Hall–Kier alpha value is -4.00. The Morgan fingerprint density at radius 2 is 1.24 bits per heavy atom. The molecule has 6 rings (SSSR count). The summed E-state index contributed by atoms with van der Waals surface area (Å²) in [4.78, 5) is 34.6. The number of carbonyl (C=O) groups is 2. The number of hydrogen-bond donors (Lipinski definition) is 0. The van der Waals surface area contributed by atoms with Gasteiger partial charge in [-0.05, 0) is 0 Å². The van der Waals surface area contributed by atoms with Crippen molar-refractivity contribution in [2.75, 3.05) is 34.9 Å². The zero-order chi connectivity index (χ0) is 38.8. The normalized spacial score (nSPS) is 16.2. The van der Waals surface area contributed by atoms with Crippen molar-refractivity contribution < 1.29 is 35.7 Å². The van der Waals surface area contributed by atoms with Crippen molar-refractivity contribution in [1.29, 1.82) is 0 Å². The van der Waals surface area contributed by atoms with Gasteiger partial charge in [0, 0.05) is 0 Å². The van der Waals surface area contributed by atoms with E-state index in [1.54, 1.807) is 31.4 Å².